The summed E-state index contributed by atoms with van der Waals surface area (Å²) in [5.74, 6) is 1.15. The summed E-state index contributed by atoms with van der Waals surface area (Å²) in [5, 5.41) is 6.47. The van der Waals surface area contributed by atoms with Crippen LogP contribution in [0.1, 0.15) is 13.3 Å². The first-order valence-electron chi connectivity index (χ1n) is 7.52. The fourth-order valence-corrected chi connectivity index (χ4v) is 1.85. The van der Waals surface area contributed by atoms with Gasteiger partial charge >= 0.3 is 0 Å². The first-order chi connectivity index (χ1) is 10.5. The maximum Gasteiger partial charge on any atom is 0.191 e. The minimum Gasteiger partial charge on any atom is -0.489 e. The molecule has 0 aliphatic rings. The molecule has 132 valence electrons. The van der Waals surface area contributed by atoms with Gasteiger partial charge < -0.3 is 20.3 Å². The van der Waals surface area contributed by atoms with Crippen molar-refractivity contribution < 1.29 is 9.13 Å². The molecule has 0 saturated heterocycles. The highest BCUT2D eigenvalue weighted by Gasteiger charge is 2.05. The van der Waals surface area contributed by atoms with E-state index in [0.29, 0.717) is 12.3 Å². The summed E-state index contributed by atoms with van der Waals surface area (Å²) in [6.07, 6.45) is 1.00. The molecule has 1 rings (SSSR count). The molecule has 0 aliphatic carbocycles. The van der Waals surface area contributed by atoms with Crippen LogP contribution in [0.15, 0.2) is 29.3 Å². The van der Waals surface area contributed by atoms with E-state index in [4.69, 9.17) is 4.74 Å². The monoisotopic (exact) mass is 438 g/mol. The Kier molecular flexibility index (Phi) is 11.8. The Hall–Kier alpha value is -1.09. The van der Waals surface area contributed by atoms with Crippen LogP contribution in [0.4, 0.5) is 4.39 Å². The van der Waals surface area contributed by atoms with E-state index < -0.39 is 0 Å². The smallest absolute Gasteiger partial charge is 0.191 e. The van der Waals surface area contributed by atoms with Crippen molar-refractivity contribution in [2.24, 2.45) is 4.99 Å². The number of hydrogen-bond acceptors (Lipinski definition) is 3. The van der Waals surface area contributed by atoms with Crippen LogP contribution in [0.2, 0.25) is 0 Å². The Labute approximate surface area is 155 Å². The quantitative estimate of drug-likeness (QED) is 0.283. The molecule has 7 heteroatoms. The van der Waals surface area contributed by atoms with Crippen LogP contribution in [-0.4, -0.2) is 57.7 Å². The van der Waals surface area contributed by atoms with E-state index in [1.165, 1.54) is 12.1 Å². The molecular weight excluding hydrogens is 410 g/mol. The van der Waals surface area contributed by atoms with Gasteiger partial charge in [-0.2, -0.15) is 0 Å². The lowest BCUT2D eigenvalue weighted by atomic mass is 10.3. The van der Waals surface area contributed by atoms with Crippen LogP contribution < -0.4 is 15.4 Å². The number of halogens is 2. The largest absolute Gasteiger partial charge is 0.489 e. The van der Waals surface area contributed by atoms with Gasteiger partial charge in [-0.1, -0.05) is 0 Å². The highest BCUT2D eigenvalue weighted by molar-refractivity contribution is 14.0. The second kappa shape index (κ2) is 12.3. The predicted octanol–water partition coefficient (Wildman–Crippen LogP) is 2.33. The number of guanidine groups is 1. The molecule has 0 radical (unpaired) electrons. The van der Waals surface area contributed by atoms with E-state index >= 15 is 0 Å². The summed E-state index contributed by atoms with van der Waals surface area (Å²) in [5.41, 5.74) is 0. The third-order valence-corrected chi connectivity index (χ3v) is 3.01. The molecule has 0 bridgehead atoms. The molecule has 23 heavy (non-hydrogen) atoms. The van der Waals surface area contributed by atoms with Crippen molar-refractivity contribution in [1.82, 2.24) is 15.5 Å². The Morgan fingerprint density at radius 1 is 1.26 bits per heavy atom. The third-order valence-electron chi connectivity index (χ3n) is 3.01. The number of hydrogen-bond donors (Lipinski definition) is 2. The zero-order valence-corrected chi connectivity index (χ0v) is 16.6. The summed E-state index contributed by atoms with van der Waals surface area (Å²) < 4.78 is 18.5. The van der Waals surface area contributed by atoms with Crippen LogP contribution in [0, 0.1) is 5.82 Å². The maximum atomic E-state index is 12.8. The van der Waals surface area contributed by atoms with Gasteiger partial charge in [0.15, 0.2) is 5.96 Å². The van der Waals surface area contributed by atoms with Crippen molar-refractivity contribution in [1.29, 1.82) is 0 Å². The minimum atomic E-state index is -0.263. The lowest BCUT2D eigenvalue weighted by molar-refractivity contribution is 0.223. The number of rotatable bonds is 8. The molecule has 0 spiro atoms. The highest BCUT2D eigenvalue weighted by atomic mass is 127. The molecular formula is C16H28FIN4O. The number of benzene rings is 1. The van der Waals surface area contributed by atoms with Crippen LogP contribution >= 0.6 is 24.0 Å². The molecule has 1 aromatic carbocycles. The van der Waals surface area contributed by atoms with Crippen LogP contribution in [-0.2, 0) is 0 Å². The zero-order chi connectivity index (χ0) is 16.4. The SMILES string of the molecule is CN=C(NCCCN(C)C)NCC(C)Oc1ccc(F)cc1.I. The van der Waals surface area contributed by atoms with Gasteiger partial charge in [-0.3, -0.25) is 4.99 Å². The Balaban J connectivity index is 0.00000484. The van der Waals surface area contributed by atoms with E-state index in [1.807, 2.05) is 6.92 Å². The average Bonchev–Trinajstić information content (AvgIpc) is 2.48. The standard InChI is InChI=1S/C16H27FN4O.HI/c1-13(22-15-8-6-14(17)7-9-15)12-20-16(18-2)19-10-5-11-21(3)4;/h6-9,13H,5,10-12H2,1-4H3,(H2,18,19,20);1H. The summed E-state index contributed by atoms with van der Waals surface area (Å²) in [6.45, 7) is 4.47. The second-order valence-corrected chi connectivity index (χ2v) is 5.42. The van der Waals surface area contributed by atoms with Crippen molar-refractivity contribution in [3.05, 3.63) is 30.1 Å². The highest BCUT2D eigenvalue weighted by Crippen LogP contribution is 2.12. The van der Waals surface area contributed by atoms with E-state index in [-0.39, 0.29) is 35.9 Å². The van der Waals surface area contributed by atoms with Crippen molar-refractivity contribution in [3.63, 3.8) is 0 Å². The van der Waals surface area contributed by atoms with Crippen LogP contribution in [0.25, 0.3) is 0 Å². The fraction of sp³-hybridized carbons (Fsp3) is 0.562. The summed E-state index contributed by atoms with van der Waals surface area (Å²) in [4.78, 5) is 6.32. The van der Waals surface area contributed by atoms with Crippen molar-refractivity contribution in [2.45, 2.75) is 19.4 Å². The number of nitrogens with zero attached hydrogens (tertiary/aromatic N) is 2. The van der Waals surface area contributed by atoms with Crippen LogP contribution in [0.3, 0.4) is 0 Å². The van der Waals surface area contributed by atoms with E-state index in [1.54, 1.807) is 19.2 Å². The van der Waals surface area contributed by atoms with Gasteiger partial charge in [-0.15, -0.1) is 24.0 Å². The van der Waals surface area contributed by atoms with Gasteiger partial charge in [0.1, 0.15) is 17.7 Å². The maximum absolute atomic E-state index is 12.8. The number of aliphatic imine (C=N–C) groups is 1. The molecule has 0 fully saturated rings. The third kappa shape index (κ3) is 10.3. The van der Waals surface area contributed by atoms with Gasteiger partial charge in [0.05, 0.1) is 6.54 Å². The number of ether oxygens (including phenoxy) is 1. The molecule has 0 aliphatic heterocycles. The molecule has 0 saturated carbocycles. The molecule has 0 aromatic heterocycles. The molecule has 1 atom stereocenters. The molecule has 0 heterocycles. The van der Waals surface area contributed by atoms with Crippen molar-refractivity contribution in [3.8, 4) is 5.75 Å². The van der Waals surface area contributed by atoms with Gasteiger partial charge in [0.25, 0.3) is 0 Å². The van der Waals surface area contributed by atoms with Crippen molar-refractivity contribution in [2.75, 3.05) is 40.8 Å². The van der Waals surface area contributed by atoms with Gasteiger partial charge in [-0.25, -0.2) is 4.39 Å². The van der Waals surface area contributed by atoms with Gasteiger partial charge in [-0.05, 0) is 58.3 Å². The summed E-state index contributed by atoms with van der Waals surface area (Å²) >= 11 is 0. The van der Waals surface area contributed by atoms with E-state index in [9.17, 15) is 4.39 Å². The van der Waals surface area contributed by atoms with Gasteiger partial charge in [0, 0.05) is 13.6 Å². The molecule has 1 unspecified atom stereocenters. The molecule has 0 amide bonds. The Morgan fingerprint density at radius 2 is 1.91 bits per heavy atom. The summed E-state index contributed by atoms with van der Waals surface area (Å²) in [7, 11) is 5.86. The summed E-state index contributed by atoms with van der Waals surface area (Å²) in [6, 6.07) is 6.03. The first kappa shape index (κ1) is 21.9. The topological polar surface area (TPSA) is 48.9 Å². The Bertz CT molecular complexity index is 454. The molecule has 2 N–H and O–H groups in total. The molecule has 5 nitrogen and oxygen atoms in total. The second-order valence-electron chi connectivity index (χ2n) is 5.42. The molecule has 1 aromatic rings. The predicted molar refractivity (Wildman–Crippen MR) is 104 cm³/mol. The van der Waals surface area contributed by atoms with Crippen molar-refractivity contribution >= 4 is 29.9 Å². The van der Waals surface area contributed by atoms with Gasteiger partial charge in [0.2, 0.25) is 0 Å². The van der Waals surface area contributed by atoms with E-state index in [2.05, 4.69) is 34.6 Å². The first-order valence-corrected chi connectivity index (χ1v) is 7.52. The number of nitrogens with one attached hydrogen (secondary N) is 2. The Morgan fingerprint density at radius 3 is 2.48 bits per heavy atom. The average molecular weight is 438 g/mol. The lowest BCUT2D eigenvalue weighted by Gasteiger charge is -2.18. The minimum absolute atomic E-state index is 0. The zero-order valence-electron chi connectivity index (χ0n) is 14.3. The fourth-order valence-electron chi connectivity index (χ4n) is 1.85. The normalized spacial score (nSPS) is 12.5. The van der Waals surface area contributed by atoms with Crippen LogP contribution in [0.5, 0.6) is 5.75 Å². The van der Waals surface area contributed by atoms with E-state index in [0.717, 1.165) is 25.5 Å². The lowest BCUT2D eigenvalue weighted by Crippen LogP contribution is -2.42.